The van der Waals surface area contributed by atoms with Crippen molar-refractivity contribution in [3.05, 3.63) is 0 Å². The number of unbranched alkanes of at least 4 members (excludes halogenated alkanes) is 53. The molecular formula is C85H166O17P2. The summed E-state index contributed by atoms with van der Waals surface area (Å²) in [7, 11) is -9.93. The van der Waals surface area contributed by atoms with E-state index in [4.69, 9.17) is 37.0 Å². The number of rotatable bonds is 84. The Bertz CT molecular complexity index is 2000. The van der Waals surface area contributed by atoms with Gasteiger partial charge in [-0.2, -0.15) is 0 Å². The molecule has 618 valence electrons. The van der Waals surface area contributed by atoms with E-state index in [-0.39, 0.29) is 25.7 Å². The van der Waals surface area contributed by atoms with E-state index in [1.54, 1.807) is 0 Å². The van der Waals surface area contributed by atoms with Crippen LogP contribution in [-0.4, -0.2) is 96.7 Å². The van der Waals surface area contributed by atoms with Gasteiger partial charge in [-0.15, -0.1) is 0 Å². The molecule has 0 fully saturated rings. The van der Waals surface area contributed by atoms with Gasteiger partial charge in [0.15, 0.2) is 12.2 Å². The van der Waals surface area contributed by atoms with Gasteiger partial charge in [-0.05, 0) is 37.5 Å². The molecule has 3 N–H and O–H groups in total. The van der Waals surface area contributed by atoms with Gasteiger partial charge in [-0.25, -0.2) is 9.13 Å². The zero-order valence-corrected chi connectivity index (χ0v) is 70.1. The number of hydrogen-bond donors (Lipinski definition) is 3. The molecule has 0 radical (unpaired) electrons. The molecule has 0 aliphatic rings. The summed E-state index contributed by atoms with van der Waals surface area (Å²) >= 11 is 0. The van der Waals surface area contributed by atoms with Crippen LogP contribution in [0.3, 0.4) is 0 Å². The molecule has 0 rings (SSSR count). The zero-order valence-electron chi connectivity index (χ0n) is 68.3. The lowest BCUT2D eigenvalue weighted by Gasteiger charge is -2.21. The summed E-state index contributed by atoms with van der Waals surface area (Å²) in [6.07, 6.45) is 67.9. The highest BCUT2D eigenvalue weighted by atomic mass is 31.2. The summed E-state index contributed by atoms with van der Waals surface area (Å²) < 4.78 is 68.9. The van der Waals surface area contributed by atoms with Gasteiger partial charge in [-0.1, -0.05) is 401 Å². The lowest BCUT2D eigenvalue weighted by molar-refractivity contribution is -0.161. The second-order valence-electron chi connectivity index (χ2n) is 31.3. The van der Waals surface area contributed by atoms with E-state index in [0.29, 0.717) is 25.7 Å². The Hall–Kier alpha value is -1.94. The van der Waals surface area contributed by atoms with Gasteiger partial charge in [0.1, 0.15) is 19.3 Å². The van der Waals surface area contributed by atoms with Gasteiger partial charge in [0.25, 0.3) is 0 Å². The third-order valence-corrected chi connectivity index (χ3v) is 22.2. The first-order valence-corrected chi connectivity index (χ1v) is 47.0. The first-order valence-electron chi connectivity index (χ1n) is 44.0. The van der Waals surface area contributed by atoms with Crippen LogP contribution in [0, 0.1) is 11.8 Å². The Kier molecular flexibility index (Phi) is 75.0. The summed E-state index contributed by atoms with van der Waals surface area (Å²) in [5.74, 6) is -0.515. The number of carbonyl (C=O) groups is 4. The van der Waals surface area contributed by atoms with Crippen molar-refractivity contribution in [3.63, 3.8) is 0 Å². The molecule has 0 aromatic carbocycles. The molecule has 0 aliphatic heterocycles. The molecule has 0 aromatic heterocycles. The molecular weight excluding hydrogens is 1350 g/mol. The molecule has 0 heterocycles. The minimum Gasteiger partial charge on any atom is -0.462 e. The molecule has 6 atom stereocenters. The Morgan fingerprint density at radius 2 is 0.490 bits per heavy atom. The normalized spacial score (nSPS) is 14.1. The fraction of sp³-hybridized carbons (Fsp3) is 0.953. The maximum atomic E-state index is 13.1. The SMILES string of the molecule is CCCCCCCCCCCCCCCCCCCCCC(=O)OC[C@H](COP(=O)(O)OC[C@@H](O)COP(=O)(O)OC[C@@H](COC(=O)CCCCCCCCCCC(C)CC)OC(=O)CCCCCCCCCCCCCCCC)OC(=O)CCCCCCCCCCCCCCCCCCC(C)C. The third-order valence-electron chi connectivity index (χ3n) is 20.3. The quantitative estimate of drug-likeness (QED) is 0.0222. The standard InChI is InChI=1S/C85H166O17P2/c1-7-10-12-14-16-18-20-22-24-25-26-27-31-35-38-42-49-55-61-67-82(87)95-73-80(101-85(90)70-64-58-52-44-40-36-32-29-28-30-33-37-41-47-53-59-65-77(4)5)75-99-103(91,92)97-71-79(86)72-98-104(93,94)100-76-81(74-96-83(88)68-62-56-50-46-45-48-54-60-66-78(6)9-3)102-84(89)69-63-57-51-43-39-34-23-21-19-17-15-13-11-8-2/h77-81,86H,7-76H2,1-6H3,(H,91,92)(H,93,94)/t78?,79-,80-,81-/m1/s1. The molecule has 0 saturated carbocycles. The topological polar surface area (TPSA) is 237 Å². The lowest BCUT2D eigenvalue weighted by atomic mass is 9.99. The zero-order chi connectivity index (χ0) is 76.4. The molecule has 0 bridgehead atoms. The number of phosphoric ester groups is 2. The number of phosphoric acid groups is 2. The molecule has 0 aromatic rings. The van der Waals surface area contributed by atoms with Crippen molar-refractivity contribution < 1.29 is 80.2 Å². The Balaban J connectivity index is 5.25. The minimum atomic E-state index is -4.97. The lowest BCUT2D eigenvalue weighted by Crippen LogP contribution is -2.30. The number of aliphatic hydroxyl groups excluding tert-OH is 1. The number of aliphatic hydroxyl groups is 1. The average Bonchev–Trinajstić information content (AvgIpc) is 0.905. The van der Waals surface area contributed by atoms with Crippen LogP contribution in [0.4, 0.5) is 0 Å². The van der Waals surface area contributed by atoms with Crippen molar-refractivity contribution in [1.29, 1.82) is 0 Å². The first-order chi connectivity index (χ1) is 50.4. The van der Waals surface area contributed by atoms with E-state index < -0.39 is 97.5 Å². The summed E-state index contributed by atoms with van der Waals surface area (Å²) in [5, 5.41) is 10.7. The van der Waals surface area contributed by atoms with Gasteiger partial charge in [0.2, 0.25) is 0 Å². The largest absolute Gasteiger partial charge is 0.472 e. The molecule has 0 saturated heterocycles. The van der Waals surface area contributed by atoms with Crippen molar-refractivity contribution in [3.8, 4) is 0 Å². The van der Waals surface area contributed by atoms with Crippen LogP contribution >= 0.6 is 15.6 Å². The second kappa shape index (κ2) is 76.4. The summed E-state index contributed by atoms with van der Waals surface area (Å²) in [4.78, 5) is 73.2. The average molecular weight is 1520 g/mol. The van der Waals surface area contributed by atoms with Crippen molar-refractivity contribution in [2.24, 2.45) is 11.8 Å². The number of carbonyl (C=O) groups excluding carboxylic acids is 4. The highest BCUT2D eigenvalue weighted by Gasteiger charge is 2.30. The predicted octanol–water partition coefficient (Wildman–Crippen LogP) is 25.8. The van der Waals surface area contributed by atoms with Gasteiger partial charge in [-0.3, -0.25) is 37.3 Å². The van der Waals surface area contributed by atoms with Crippen LogP contribution in [0.5, 0.6) is 0 Å². The summed E-state index contributed by atoms with van der Waals surface area (Å²) in [6.45, 7) is 9.70. The van der Waals surface area contributed by atoms with E-state index in [0.717, 1.165) is 102 Å². The van der Waals surface area contributed by atoms with Crippen LogP contribution in [0.2, 0.25) is 0 Å². The molecule has 0 amide bonds. The Morgan fingerprint density at radius 1 is 0.279 bits per heavy atom. The van der Waals surface area contributed by atoms with Gasteiger partial charge in [0.05, 0.1) is 26.4 Å². The summed E-state index contributed by atoms with van der Waals surface area (Å²) in [6, 6.07) is 0. The van der Waals surface area contributed by atoms with Crippen LogP contribution in [-0.2, 0) is 65.4 Å². The van der Waals surface area contributed by atoms with E-state index in [1.807, 2.05) is 0 Å². The fourth-order valence-corrected chi connectivity index (χ4v) is 14.8. The minimum absolute atomic E-state index is 0.108. The molecule has 17 nitrogen and oxygen atoms in total. The number of hydrogen-bond acceptors (Lipinski definition) is 15. The molecule has 104 heavy (non-hydrogen) atoms. The van der Waals surface area contributed by atoms with Gasteiger partial charge >= 0.3 is 39.5 Å². The molecule has 3 unspecified atom stereocenters. The van der Waals surface area contributed by atoms with Gasteiger partial charge in [0, 0.05) is 25.7 Å². The number of esters is 4. The molecule has 0 aliphatic carbocycles. The van der Waals surface area contributed by atoms with E-state index in [9.17, 15) is 43.2 Å². The summed E-state index contributed by atoms with van der Waals surface area (Å²) in [5.41, 5.74) is 0. The van der Waals surface area contributed by atoms with Crippen molar-refractivity contribution in [2.45, 2.75) is 471 Å². The van der Waals surface area contributed by atoms with Crippen molar-refractivity contribution >= 4 is 39.5 Å². The smallest absolute Gasteiger partial charge is 0.462 e. The highest BCUT2D eigenvalue weighted by molar-refractivity contribution is 7.47. The fourth-order valence-electron chi connectivity index (χ4n) is 13.2. The predicted molar refractivity (Wildman–Crippen MR) is 428 cm³/mol. The molecule has 19 heteroatoms. The van der Waals surface area contributed by atoms with Gasteiger partial charge < -0.3 is 33.8 Å². The maximum Gasteiger partial charge on any atom is 0.472 e. The van der Waals surface area contributed by atoms with E-state index in [2.05, 4.69) is 41.5 Å². The van der Waals surface area contributed by atoms with Crippen LogP contribution < -0.4 is 0 Å². The second-order valence-corrected chi connectivity index (χ2v) is 34.2. The Labute approximate surface area is 638 Å². The van der Waals surface area contributed by atoms with Crippen molar-refractivity contribution in [2.75, 3.05) is 39.6 Å². The van der Waals surface area contributed by atoms with Crippen LogP contribution in [0.25, 0.3) is 0 Å². The highest BCUT2D eigenvalue weighted by Crippen LogP contribution is 2.45. The van der Waals surface area contributed by atoms with Crippen molar-refractivity contribution in [1.82, 2.24) is 0 Å². The van der Waals surface area contributed by atoms with E-state index in [1.165, 1.54) is 270 Å². The first kappa shape index (κ1) is 102. The maximum absolute atomic E-state index is 13.1. The van der Waals surface area contributed by atoms with Crippen LogP contribution in [0.15, 0.2) is 0 Å². The molecule has 0 spiro atoms. The van der Waals surface area contributed by atoms with E-state index >= 15 is 0 Å². The van der Waals surface area contributed by atoms with Crippen LogP contribution in [0.1, 0.15) is 452 Å². The number of ether oxygens (including phenoxy) is 4. The monoisotopic (exact) mass is 1520 g/mol. The third kappa shape index (κ3) is 76.8. The Morgan fingerprint density at radius 3 is 0.731 bits per heavy atom.